The fourth-order valence-corrected chi connectivity index (χ4v) is 4.58. The van der Waals surface area contributed by atoms with Crippen molar-refractivity contribution < 1.29 is 34.2 Å². The summed E-state index contributed by atoms with van der Waals surface area (Å²) in [4.78, 5) is 64.5. The highest BCUT2D eigenvalue weighted by atomic mass is 16.4. The van der Waals surface area contributed by atoms with Crippen LogP contribution in [0.4, 0.5) is 0 Å². The highest BCUT2D eigenvalue weighted by Crippen LogP contribution is 2.26. The van der Waals surface area contributed by atoms with E-state index in [1.54, 1.807) is 24.3 Å². The molecule has 0 bridgehead atoms. The van der Waals surface area contributed by atoms with Gasteiger partial charge in [0.25, 0.3) is 0 Å². The van der Waals surface area contributed by atoms with Crippen LogP contribution in [0.25, 0.3) is 0 Å². The number of likely N-dealkylation sites (tertiary alicyclic amines) is 2. The summed E-state index contributed by atoms with van der Waals surface area (Å²) in [6.07, 6.45) is 1.29. The van der Waals surface area contributed by atoms with Crippen LogP contribution in [0.1, 0.15) is 37.7 Å². The SMILES string of the molecule is NC(Cc1ccccc1)C(=O)NC(CC(=O)O)C(=O)N1CCCC1C(=O)N1CCCC1C(=O)O. The summed E-state index contributed by atoms with van der Waals surface area (Å²) in [5, 5.41) is 21.2. The lowest BCUT2D eigenvalue weighted by Gasteiger charge is -2.32. The average molecular weight is 475 g/mol. The zero-order chi connectivity index (χ0) is 24.8. The molecule has 11 nitrogen and oxygen atoms in total. The number of carbonyl (C=O) groups excluding carboxylic acids is 3. The van der Waals surface area contributed by atoms with E-state index >= 15 is 0 Å². The highest BCUT2D eigenvalue weighted by Gasteiger charge is 2.43. The molecule has 0 spiro atoms. The molecule has 1 aromatic carbocycles. The molecule has 5 N–H and O–H groups in total. The van der Waals surface area contributed by atoms with E-state index in [1.165, 1.54) is 9.80 Å². The Morgan fingerprint density at radius 3 is 2.21 bits per heavy atom. The topological polar surface area (TPSA) is 170 Å². The zero-order valence-corrected chi connectivity index (χ0v) is 18.8. The van der Waals surface area contributed by atoms with Gasteiger partial charge in [0.2, 0.25) is 17.7 Å². The smallest absolute Gasteiger partial charge is 0.326 e. The van der Waals surface area contributed by atoms with Crippen LogP contribution in [0.5, 0.6) is 0 Å². The summed E-state index contributed by atoms with van der Waals surface area (Å²) < 4.78 is 0. The molecule has 0 aromatic heterocycles. The van der Waals surface area contributed by atoms with Gasteiger partial charge in [0.05, 0.1) is 12.5 Å². The minimum absolute atomic E-state index is 0.205. The van der Waals surface area contributed by atoms with Crippen molar-refractivity contribution in [3.05, 3.63) is 35.9 Å². The molecule has 184 valence electrons. The maximum Gasteiger partial charge on any atom is 0.326 e. The summed E-state index contributed by atoms with van der Waals surface area (Å²) in [5.74, 6) is -4.20. The number of carboxylic acid groups (broad SMARTS) is 2. The first-order valence-corrected chi connectivity index (χ1v) is 11.3. The molecular weight excluding hydrogens is 444 g/mol. The second-order valence-corrected chi connectivity index (χ2v) is 8.67. The van der Waals surface area contributed by atoms with Gasteiger partial charge in [-0.3, -0.25) is 19.2 Å². The van der Waals surface area contributed by atoms with Crippen molar-refractivity contribution in [2.75, 3.05) is 13.1 Å². The number of amides is 3. The molecule has 2 aliphatic heterocycles. The minimum Gasteiger partial charge on any atom is -0.481 e. The van der Waals surface area contributed by atoms with Crippen LogP contribution in [0.3, 0.4) is 0 Å². The minimum atomic E-state index is -1.39. The fraction of sp³-hybridized carbons (Fsp3) is 0.522. The molecular formula is C23H30N4O7. The average Bonchev–Trinajstić information content (AvgIpc) is 3.48. The first-order chi connectivity index (χ1) is 16.2. The highest BCUT2D eigenvalue weighted by molar-refractivity contribution is 5.96. The van der Waals surface area contributed by atoms with Gasteiger partial charge in [0, 0.05) is 13.1 Å². The lowest BCUT2D eigenvalue weighted by molar-refractivity contribution is -0.153. The standard InChI is InChI=1S/C23H30N4O7/c24-15(12-14-6-2-1-3-7-14)20(30)25-16(13-19(28)29)21(31)26-10-4-8-17(26)22(32)27-11-5-9-18(27)23(33)34/h1-3,6-7,15-18H,4-5,8-13,24H2,(H,25,30)(H,28,29)(H,33,34). The predicted octanol–water partition coefficient (Wildman–Crippen LogP) is -0.417. The maximum atomic E-state index is 13.3. The van der Waals surface area contributed by atoms with Crippen LogP contribution < -0.4 is 11.1 Å². The van der Waals surface area contributed by atoms with E-state index < -0.39 is 60.2 Å². The third-order valence-corrected chi connectivity index (χ3v) is 6.27. The Hall–Kier alpha value is -3.47. The van der Waals surface area contributed by atoms with E-state index in [9.17, 15) is 34.2 Å². The van der Waals surface area contributed by atoms with Crippen molar-refractivity contribution in [1.82, 2.24) is 15.1 Å². The third-order valence-electron chi connectivity index (χ3n) is 6.27. The largest absolute Gasteiger partial charge is 0.481 e. The van der Waals surface area contributed by atoms with Gasteiger partial charge in [-0.2, -0.15) is 0 Å². The van der Waals surface area contributed by atoms with Gasteiger partial charge >= 0.3 is 11.9 Å². The summed E-state index contributed by atoms with van der Waals surface area (Å²) >= 11 is 0. The summed E-state index contributed by atoms with van der Waals surface area (Å²) in [5.41, 5.74) is 6.80. The Morgan fingerprint density at radius 1 is 0.971 bits per heavy atom. The Labute approximate surface area is 196 Å². The Bertz CT molecular complexity index is 939. The Kier molecular flexibility index (Phi) is 8.21. The monoisotopic (exact) mass is 474 g/mol. The molecule has 2 saturated heterocycles. The van der Waals surface area contributed by atoms with Crippen LogP contribution in [0.15, 0.2) is 30.3 Å². The van der Waals surface area contributed by atoms with Crippen molar-refractivity contribution in [3.8, 4) is 0 Å². The quantitative estimate of drug-likeness (QED) is 0.374. The van der Waals surface area contributed by atoms with E-state index in [1.807, 2.05) is 6.07 Å². The molecule has 2 aliphatic rings. The normalized spacial score (nSPS) is 21.7. The molecule has 4 atom stereocenters. The molecule has 2 heterocycles. The number of carbonyl (C=O) groups is 5. The number of hydrogen-bond donors (Lipinski definition) is 4. The number of benzene rings is 1. The first kappa shape index (κ1) is 25.2. The zero-order valence-electron chi connectivity index (χ0n) is 18.8. The molecule has 3 rings (SSSR count). The van der Waals surface area contributed by atoms with Gasteiger partial charge in [0.1, 0.15) is 18.1 Å². The molecule has 2 fully saturated rings. The molecule has 4 unspecified atom stereocenters. The molecule has 3 amide bonds. The molecule has 1 aromatic rings. The lowest BCUT2D eigenvalue weighted by atomic mass is 10.0. The second-order valence-electron chi connectivity index (χ2n) is 8.67. The fourth-order valence-electron chi connectivity index (χ4n) is 4.58. The second kappa shape index (κ2) is 11.1. The van der Waals surface area contributed by atoms with Crippen molar-refractivity contribution in [2.45, 2.75) is 62.7 Å². The summed E-state index contributed by atoms with van der Waals surface area (Å²) in [6, 6.07) is 4.82. The third kappa shape index (κ3) is 5.90. The first-order valence-electron chi connectivity index (χ1n) is 11.3. The van der Waals surface area contributed by atoms with Crippen LogP contribution in [-0.4, -0.2) is 86.9 Å². The summed E-state index contributed by atoms with van der Waals surface area (Å²) in [6.45, 7) is 0.501. The van der Waals surface area contributed by atoms with Gasteiger partial charge in [-0.25, -0.2) is 4.79 Å². The summed E-state index contributed by atoms with van der Waals surface area (Å²) in [7, 11) is 0. The van der Waals surface area contributed by atoms with Crippen LogP contribution in [-0.2, 0) is 30.4 Å². The van der Waals surface area contributed by atoms with E-state index in [4.69, 9.17) is 5.73 Å². The number of nitrogens with one attached hydrogen (secondary N) is 1. The molecule has 0 saturated carbocycles. The van der Waals surface area contributed by atoms with Crippen molar-refractivity contribution >= 4 is 29.7 Å². The van der Waals surface area contributed by atoms with Gasteiger partial charge in [-0.05, 0) is 37.7 Å². The van der Waals surface area contributed by atoms with E-state index in [0.29, 0.717) is 25.7 Å². The molecule has 34 heavy (non-hydrogen) atoms. The number of rotatable bonds is 9. The van der Waals surface area contributed by atoms with Crippen LogP contribution in [0, 0.1) is 0 Å². The molecule has 11 heteroatoms. The number of nitrogens with zero attached hydrogens (tertiary/aromatic N) is 2. The number of nitrogens with two attached hydrogens (primary N) is 1. The Morgan fingerprint density at radius 2 is 1.59 bits per heavy atom. The van der Waals surface area contributed by atoms with Crippen molar-refractivity contribution in [2.24, 2.45) is 5.73 Å². The van der Waals surface area contributed by atoms with E-state index in [0.717, 1.165) is 5.56 Å². The number of carboxylic acids is 2. The van der Waals surface area contributed by atoms with Crippen LogP contribution >= 0.6 is 0 Å². The molecule has 0 aliphatic carbocycles. The van der Waals surface area contributed by atoms with Gasteiger partial charge in [-0.1, -0.05) is 30.3 Å². The number of aliphatic carboxylic acids is 2. The van der Waals surface area contributed by atoms with Gasteiger partial charge < -0.3 is 31.1 Å². The van der Waals surface area contributed by atoms with Crippen LogP contribution in [0.2, 0.25) is 0 Å². The van der Waals surface area contributed by atoms with E-state index in [-0.39, 0.29) is 19.5 Å². The van der Waals surface area contributed by atoms with Crippen molar-refractivity contribution in [3.63, 3.8) is 0 Å². The van der Waals surface area contributed by atoms with E-state index in [2.05, 4.69) is 5.32 Å². The lowest BCUT2D eigenvalue weighted by Crippen LogP contribution is -2.57. The maximum absolute atomic E-state index is 13.3. The van der Waals surface area contributed by atoms with Crippen molar-refractivity contribution in [1.29, 1.82) is 0 Å². The van der Waals surface area contributed by atoms with Gasteiger partial charge in [-0.15, -0.1) is 0 Å². The molecule has 0 radical (unpaired) electrons. The predicted molar refractivity (Wildman–Crippen MR) is 119 cm³/mol. The Balaban J connectivity index is 1.70. The number of hydrogen-bond acceptors (Lipinski definition) is 6. The van der Waals surface area contributed by atoms with Gasteiger partial charge in [0.15, 0.2) is 0 Å².